The number of benzene rings is 1. The lowest BCUT2D eigenvalue weighted by atomic mass is 10.3. The van der Waals surface area contributed by atoms with Crippen LogP contribution in [0.3, 0.4) is 0 Å². The van der Waals surface area contributed by atoms with Gasteiger partial charge in [-0.05, 0) is 44.5 Å². The molecule has 0 saturated carbocycles. The summed E-state index contributed by atoms with van der Waals surface area (Å²) in [5, 5.41) is 3.39. The molecule has 0 amide bonds. The summed E-state index contributed by atoms with van der Waals surface area (Å²) in [5.41, 5.74) is 0. The van der Waals surface area contributed by atoms with Crippen LogP contribution in [0.25, 0.3) is 0 Å². The van der Waals surface area contributed by atoms with Crippen molar-refractivity contribution in [3.8, 4) is 0 Å². The minimum absolute atomic E-state index is 0.0741. The van der Waals surface area contributed by atoms with Crippen molar-refractivity contribution >= 4 is 20.2 Å². The van der Waals surface area contributed by atoms with Crippen LogP contribution < -0.4 is 5.32 Å². The fraction of sp³-hybridized carbons (Fsp3) is 0.647. The molecule has 0 atom stereocenters. The summed E-state index contributed by atoms with van der Waals surface area (Å²) in [5.74, 6) is -0.132. The van der Waals surface area contributed by atoms with Gasteiger partial charge >= 0.3 is 0 Å². The van der Waals surface area contributed by atoms with Crippen LogP contribution in [0.4, 0.5) is 0 Å². The van der Waals surface area contributed by atoms with Crippen LogP contribution in [0, 0.1) is 0 Å². The third kappa shape index (κ3) is 21.0. The number of unbranched alkanes of at least 4 members (excludes halogenated alkanes) is 2. The van der Waals surface area contributed by atoms with Gasteiger partial charge in [0.2, 0.25) is 0 Å². The van der Waals surface area contributed by atoms with Crippen molar-refractivity contribution in [3.05, 3.63) is 30.3 Å². The van der Waals surface area contributed by atoms with Crippen molar-refractivity contribution in [2.45, 2.75) is 57.8 Å². The van der Waals surface area contributed by atoms with Gasteiger partial charge in [0.05, 0.1) is 10.6 Å². The fourth-order valence-corrected chi connectivity index (χ4v) is 2.60. The van der Waals surface area contributed by atoms with E-state index in [9.17, 15) is 16.8 Å². The van der Waals surface area contributed by atoms with Crippen LogP contribution in [-0.4, -0.2) is 44.8 Å². The van der Waals surface area contributed by atoms with E-state index in [4.69, 9.17) is 9.11 Å². The molecule has 0 aliphatic carbocycles. The first-order chi connectivity index (χ1) is 12.1. The molecule has 0 unspecified atom stereocenters. The van der Waals surface area contributed by atoms with Gasteiger partial charge in [0, 0.05) is 0 Å². The topological polar surface area (TPSA) is 121 Å². The number of hydrogen-bond acceptors (Lipinski definition) is 5. The molecule has 0 bridgehead atoms. The Balaban J connectivity index is 0. The maximum Gasteiger partial charge on any atom is 0.294 e. The van der Waals surface area contributed by atoms with Crippen molar-refractivity contribution in [2.24, 2.45) is 0 Å². The zero-order chi connectivity index (χ0) is 20.5. The van der Waals surface area contributed by atoms with Crippen LogP contribution >= 0.6 is 0 Å². The number of rotatable bonds is 9. The lowest BCUT2D eigenvalue weighted by molar-refractivity contribution is 0.480. The molecule has 1 aromatic carbocycles. The van der Waals surface area contributed by atoms with Crippen molar-refractivity contribution in [1.29, 1.82) is 0 Å². The molecule has 0 fully saturated rings. The van der Waals surface area contributed by atoms with Gasteiger partial charge in [0.1, 0.15) is 0 Å². The molecule has 0 spiro atoms. The summed E-state index contributed by atoms with van der Waals surface area (Å²) in [7, 11) is -7.68. The highest BCUT2D eigenvalue weighted by Gasteiger charge is 2.05. The second kappa shape index (κ2) is 16.2. The summed E-state index contributed by atoms with van der Waals surface area (Å²) in [6.07, 6.45) is 5.73. The van der Waals surface area contributed by atoms with Crippen molar-refractivity contribution in [3.63, 3.8) is 0 Å². The molecular formula is C17H33NO6S2. The van der Waals surface area contributed by atoms with Gasteiger partial charge in [-0.15, -0.1) is 0 Å². The zero-order valence-electron chi connectivity index (χ0n) is 15.9. The third-order valence-corrected chi connectivity index (χ3v) is 4.71. The lowest BCUT2D eigenvalue weighted by Gasteiger charge is -1.99. The molecule has 1 aromatic rings. The monoisotopic (exact) mass is 411 g/mol. The van der Waals surface area contributed by atoms with Crippen LogP contribution in [0.1, 0.15) is 52.9 Å². The average Bonchev–Trinajstić information content (AvgIpc) is 2.55. The van der Waals surface area contributed by atoms with E-state index in [-0.39, 0.29) is 10.6 Å². The Morgan fingerprint density at radius 3 is 1.50 bits per heavy atom. The molecule has 0 aliphatic rings. The molecule has 154 valence electrons. The Kier molecular flexibility index (Phi) is 17.0. The molecule has 0 aliphatic heterocycles. The normalized spacial score (nSPS) is 11.0. The van der Waals surface area contributed by atoms with Crippen molar-refractivity contribution in [2.75, 3.05) is 18.8 Å². The smallest absolute Gasteiger partial charge is 0.294 e. The summed E-state index contributed by atoms with van der Waals surface area (Å²) < 4.78 is 56.8. The highest BCUT2D eigenvalue weighted by atomic mass is 32.2. The summed E-state index contributed by atoms with van der Waals surface area (Å²) >= 11 is 0. The lowest BCUT2D eigenvalue weighted by Crippen LogP contribution is -2.15. The predicted octanol–water partition coefficient (Wildman–Crippen LogP) is 3.39. The van der Waals surface area contributed by atoms with Gasteiger partial charge in [0.25, 0.3) is 20.2 Å². The van der Waals surface area contributed by atoms with Gasteiger partial charge in [-0.1, -0.05) is 51.8 Å². The van der Waals surface area contributed by atoms with Crippen LogP contribution in [-0.2, 0) is 20.2 Å². The second-order valence-electron chi connectivity index (χ2n) is 5.53. The van der Waals surface area contributed by atoms with Crippen LogP contribution in [0.15, 0.2) is 35.2 Å². The predicted molar refractivity (Wildman–Crippen MR) is 106 cm³/mol. The maximum absolute atomic E-state index is 10.4. The van der Waals surface area contributed by atoms with E-state index in [0.29, 0.717) is 6.42 Å². The Morgan fingerprint density at radius 1 is 0.808 bits per heavy atom. The molecule has 3 N–H and O–H groups in total. The van der Waals surface area contributed by atoms with Gasteiger partial charge in [0.15, 0.2) is 0 Å². The first-order valence-electron chi connectivity index (χ1n) is 8.76. The first kappa shape index (κ1) is 27.2. The Bertz CT molecular complexity index is 624. The van der Waals surface area contributed by atoms with Crippen LogP contribution in [0.2, 0.25) is 0 Å². The molecular weight excluding hydrogens is 378 g/mol. The van der Waals surface area contributed by atoms with Gasteiger partial charge < -0.3 is 5.32 Å². The quantitative estimate of drug-likeness (QED) is 0.420. The molecule has 0 saturated heterocycles. The molecule has 9 heteroatoms. The van der Waals surface area contributed by atoms with E-state index in [0.717, 1.165) is 0 Å². The van der Waals surface area contributed by atoms with Gasteiger partial charge in [-0.2, -0.15) is 16.8 Å². The standard InChI is InChI=1S/C8H19N.C6H6O3S.C3H8O3S/c1-3-5-7-9-8-6-4-2;7-10(8,9)6-4-2-1-3-5-6;1-2-3-7(4,5)6/h9H,3-8H2,1-2H3;1-5H,(H,7,8,9);2-3H2,1H3,(H,4,5,6). The minimum atomic E-state index is -4.00. The molecule has 1 rings (SSSR count). The second-order valence-corrected chi connectivity index (χ2v) is 8.52. The van der Waals surface area contributed by atoms with Crippen LogP contribution in [0.5, 0.6) is 0 Å². The molecule has 7 nitrogen and oxygen atoms in total. The Labute approximate surface area is 158 Å². The molecule has 0 radical (unpaired) electrons. The SMILES string of the molecule is CCCCNCCCC.CCCS(=O)(=O)O.O=S(=O)(O)c1ccccc1. The molecule has 0 heterocycles. The number of nitrogens with one attached hydrogen (secondary N) is 1. The zero-order valence-corrected chi connectivity index (χ0v) is 17.5. The Morgan fingerprint density at radius 2 is 1.27 bits per heavy atom. The fourth-order valence-electron chi connectivity index (χ4n) is 1.58. The maximum atomic E-state index is 10.4. The summed E-state index contributed by atoms with van der Waals surface area (Å²) in [6, 6.07) is 7.42. The largest absolute Gasteiger partial charge is 0.317 e. The Hall–Kier alpha value is -1.00. The van der Waals surface area contributed by atoms with E-state index in [1.165, 1.54) is 50.9 Å². The minimum Gasteiger partial charge on any atom is -0.317 e. The van der Waals surface area contributed by atoms with E-state index in [1.54, 1.807) is 25.1 Å². The van der Waals surface area contributed by atoms with Crippen molar-refractivity contribution in [1.82, 2.24) is 5.32 Å². The van der Waals surface area contributed by atoms with E-state index < -0.39 is 20.2 Å². The first-order valence-corrected chi connectivity index (χ1v) is 11.8. The van der Waals surface area contributed by atoms with Crippen molar-refractivity contribution < 1.29 is 25.9 Å². The van der Waals surface area contributed by atoms with E-state index >= 15 is 0 Å². The molecule has 26 heavy (non-hydrogen) atoms. The van der Waals surface area contributed by atoms with E-state index in [1.807, 2.05) is 0 Å². The van der Waals surface area contributed by atoms with E-state index in [2.05, 4.69) is 19.2 Å². The summed E-state index contributed by atoms with van der Waals surface area (Å²) in [4.78, 5) is -0.0741. The number of hydrogen-bond donors (Lipinski definition) is 3. The highest BCUT2D eigenvalue weighted by Crippen LogP contribution is 2.05. The third-order valence-electron chi connectivity index (χ3n) is 2.92. The average molecular weight is 412 g/mol. The van der Waals surface area contributed by atoms with Gasteiger partial charge in [-0.3, -0.25) is 9.11 Å². The molecule has 0 aromatic heterocycles. The van der Waals surface area contributed by atoms with Gasteiger partial charge in [-0.25, -0.2) is 0 Å². The highest BCUT2D eigenvalue weighted by molar-refractivity contribution is 7.86. The summed E-state index contributed by atoms with van der Waals surface area (Å²) in [6.45, 7) is 8.55.